The van der Waals surface area contributed by atoms with Gasteiger partial charge in [-0.2, -0.15) is 5.26 Å². The summed E-state index contributed by atoms with van der Waals surface area (Å²) in [4.78, 5) is 6.40. The molecule has 1 N–H and O–H groups in total. The van der Waals surface area contributed by atoms with Crippen molar-refractivity contribution >= 4 is 33.8 Å². The molecule has 4 nitrogen and oxygen atoms in total. The first-order chi connectivity index (χ1) is 13.1. The van der Waals surface area contributed by atoms with Gasteiger partial charge in [0.1, 0.15) is 15.7 Å². The number of pyridine rings is 1. The van der Waals surface area contributed by atoms with Gasteiger partial charge in [-0.25, -0.2) is 4.98 Å². The van der Waals surface area contributed by atoms with Gasteiger partial charge in [0.2, 0.25) is 0 Å². The highest BCUT2D eigenvalue weighted by Crippen LogP contribution is 2.30. The number of piperidine rings is 1. The Morgan fingerprint density at radius 2 is 2.19 bits per heavy atom. The van der Waals surface area contributed by atoms with Crippen LogP contribution in [-0.4, -0.2) is 22.6 Å². The van der Waals surface area contributed by atoms with Gasteiger partial charge in [-0.15, -0.1) is 11.3 Å². The number of nitrogens with zero attached hydrogens (tertiary/aromatic N) is 3. The van der Waals surface area contributed by atoms with E-state index in [0.717, 1.165) is 36.5 Å². The minimum atomic E-state index is 0.501. The molecular formula is C21H23N4S2+. The van der Waals surface area contributed by atoms with E-state index in [1.54, 1.807) is 0 Å². The fraction of sp³-hybridized carbons (Fsp3) is 0.381. The molecule has 3 heterocycles. The van der Waals surface area contributed by atoms with Crippen molar-refractivity contribution in [1.82, 2.24) is 9.55 Å². The van der Waals surface area contributed by atoms with Crippen LogP contribution in [0.1, 0.15) is 40.6 Å². The van der Waals surface area contributed by atoms with E-state index in [4.69, 9.17) is 17.2 Å². The number of hydrogen-bond acceptors (Lipinski definition) is 4. The second kappa shape index (κ2) is 7.51. The third-order valence-corrected chi connectivity index (χ3v) is 7.10. The predicted molar refractivity (Wildman–Crippen MR) is 112 cm³/mol. The van der Waals surface area contributed by atoms with E-state index in [1.807, 2.05) is 18.3 Å². The molecule has 0 amide bonds. The van der Waals surface area contributed by atoms with Crippen molar-refractivity contribution in [2.24, 2.45) is 0 Å². The van der Waals surface area contributed by atoms with Crippen LogP contribution in [0, 0.1) is 29.8 Å². The van der Waals surface area contributed by atoms with Crippen molar-refractivity contribution in [2.75, 3.05) is 13.1 Å². The molecule has 27 heavy (non-hydrogen) atoms. The molecule has 6 heteroatoms. The molecule has 4 rings (SSSR count). The molecule has 0 aliphatic carbocycles. The van der Waals surface area contributed by atoms with E-state index in [1.165, 1.54) is 27.4 Å². The van der Waals surface area contributed by atoms with Crippen molar-refractivity contribution in [3.05, 3.63) is 56.8 Å². The predicted octanol–water partition coefficient (Wildman–Crippen LogP) is 3.74. The molecule has 0 bridgehead atoms. The first-order valence-electron chi connectivity index (χ1n) is 9.37. The number of thiazole rings is 1. The van der Waals surface area contributed by atoms with Crippen LogP contribution >= 0.6 is 23.6 Å². The summed E-state index contributed by atoms with van der Waals surface area (Å²) in [7, 11) is 0. The summed E-state index contributed by atoms with van der Waals surface area (Å²) in [6, 6.07) is 12.7. The van der Waals surface area contributed by atoms with Crippen molar-refractivity contribution in [3.63, 3.8) is 0 Å². The maximum Gasteiger partial charge on any atom is 0.157 e. The van der Waals surface area contributed by atoms with Gasteiger partial charge < -0.3 is 4.90 Å². The Labute approximate surface area is 168 Å². The Kier molecular flexibility index (Phi) is 5.09. The molecule has 0 radical (unpaired) electrons. The topological polar surface area (TPSA) is 46.0 Å². The van der Waals surface area contributed by atoms with Crippen LogP contribution in [0.15, 0.2) is 30.3 Å². The van der Waals surface area contributed by atoms with Gasteiger partial charge in [0, 0.05) is 5.69 Å². The third-order valence-electron chi connectivity index (χ3n) is 5.48. The number of aryl methyl sites for hydroxylation is 2. The van der Waals surface area contributed by atoms with E-state index < -0.39 is 0 Å². The molecule has 1 aliphatic rings. The quantitative estimate of drug-likeness (QED) is 0.687. The van der Waals surface area contributed by atoms with Crippen LogP contribution in [-0.2, 0) is 6.67 Å². The summed E-state index contributed by atoms with van der Waals surface area (Å²) in [6.07, 6.45) is 2.39. The van der Waals surface area contributed by atoms with E-state index in [9.17, 15) is 5.26 Å². The number of benzene rings is 1. The van der Waals surface area contributed by atoms with Gasteiger partial charge in [-0.05, 0) is 50.5 Å². The Morgan fingerprint density at radius 3 is 2.96 bits per heavy atom. The zero-order chi connectivity index (χ0) is 19.0. The average molecular weight is 396 g/mol. The lowest BCUT2D eigenvalue weighted by Gasteiger charge is -2.30. The van der Waals surface area contributed by atoms with Crippen LogP contribution in [0.2, 0.25) is 0 Å². The molecule has 1 unspecified atom stereocenters. The molecule has 1 fully saturated rings. The number of fused-ring (bicyclic) bond motifs is 1. The second-order valence-electron chi connectivity index (χ2n) is 7.41. The largest absolute Gasteiger partial charge is 0.317 e. The number of aromatic nitrogens is 2. The Bertz CT molecular complexity index is 1060. The minimum absolute atomic E-state index is 0.501. The van der Waals surface area contributed by atoms with E-state index in [0.29, 0.717) is 16.1 Å². The van der Waals surface area contributed by atoms with Gasteiger partial charge in [-0.3, -0.25) is 4.57 Å². The van der Waals surface area contributed by atoms with Gasteiger partial charge >= 0.3 is 0 Å². The minimum Gasteiger partial charge on any atom is -0.317 e. The maximum absolute atomic E-state index is 9.44. The lowest BCUT2D eigenvalue weighted by atomic mass is 9.99. The highest BCUT2D eigenvalue weighted by molar-refractivity contribution is 7.71. The van der Waals surface area contributed by atoms with Crippen molar-refractivity contribution in [1.29, 1.82) is 5.26 Å². The Morgan fingerprint density at radius 1 is 1.37 bits per heavy atom. The van der Waals surface area contributed by atoms with Crippen molar-refractivity contribution < 1.29 is 4.90 Å². The number of para-hydroxylation sites is 1. The molecule has 1 aromatic carbocycles. The molecule has 2 aromatic heterocycles. The highest BCUT2D eigenvalue weighted by Gasteiger charge is 2.27. The van der Waals surface area contributed by atoms with E-state index in [-0.39, 0.29) is 0 Å². The summed E-state index contributed by atoms with van der Waals surface area (Å²) in [5.74, 6) is 0.501. The molecule has 0 spiro atoms. The van der Waals surface area contributed by atoms with Gasteiger partial charge in [0.15, 0.2) is 6.67 Å². The van der Waals surface area contributed by atoms with E-state index in [2.05, 4.69) is 47.9 Å². The van der Waals surface area contributed by atoms with Crippen LogP contribution in [0.4, 0.5) is 0 Å². The number of nitriles is 1. The fourth-order valence-electron chi connectivity index (χ4n) is 4.05. The lowest BCUT2D eigenvalue weighted by Crippen LogP contribution is -3.12. The summed E-state index contributed by atoms with van der Waals surface area (Å²) in [6.45, 7) is 7.07. The zero-order valence-electron chi connectivity index (χ0n) is 15.7. The fourth-order valence-corrected chi connectivity index (χ4v) is 5.57. The smallest absolute Gasteiger partial charge is 0.157 e. The van der Waals surface area contributed by atoms with Crippen molar-refractivity contribution in [3.8, 4) is 6.07 Å². The zero-order valence-corrected chi connectivity index (χ0v) is 17.3. The number of hydrogen-bond donors (Lipinski definition) is 1. The molecule has 3 aromatic rings. The second-order valence-corrected chi connectivity index (χ2v) is 8.86. The summed E-state index contributed by atoms with van der Waals surface area (Å²) in [5.41, 5.74) is 3.85. The first kappa shape index (κ1) is 18.3. The Hall–Kier alpha value is -2.07. The number of quaternary nitrogens is 1. The monoisotopic (exact) mass is 395 g/mol. The highest BCUT2D eigenvalue weighted by atomic mass is 32.1. The van der Waals surface area contributed by atoms with Crippen LogP contribution in [0.3, 0.4) is 0 Å². The Balaban J connectivity index is 1.58. The molecule has 138 valence electrons. The average Bonchev–Trinajstić information content (AvgIpc) is 3.10. The number of rotatable bonds is 3. The molecular weight excluding hydrogens is 372 g/mol. The first-order valence-corrected chi connectivity index (χ1v) is 10.6. The molecule has 0 saturated carbocycles. The normalized spacial score (nSPS) is 19.9. The SMILES string of the molecule is Cc1cc(C)n(C[NH+]2CCC[C@@H](c3nc4ccccc4s3)C2)c(=S)c1C#N. The summed E-state index contributed by atoms with van der Waals surface area (Å²) < 4.78 is 4.08. The van der Waals surface area contributed by atoms with Gasteiger partial charge in [-0.1, -0.05) is 24.4 Å². The number of likely N-dealkylation sites (tertiary alicyclic amines) is 1. The van der Waals surface area contributed by atoms with E-state index >= 15 is 0 Å². The summed E-state index contributed by atoms with van der Waals surface area (Å²) >= 11 is 7.45. The summed E-state index contributed by atoms with van der Waals surface area (Å²) in [5, 5.41) is 10.7. The number of nitrogens with one attached hydrogen (secondary N) is 1. The molecule has 1 saturated heterocycles. The third kappa shape index (κ3) is 3.55. The molecule has 1 aliphatic heterocycles. The van der Waals surface area contributed by atoms with Gasteiger partial charge in [0.25, 0.3) is 0 Å². The van der Waals surface area contributed by atoms with Crippen molar-refractivity contribution in [2.45, 2.75) is 39.3 Å². The standard InChI is InChI=1S/C21H22N4S2/c1-14-10-15(2)25(21(26)17(14)11-22)13-24-9-5-6-16(12-24)20-23-18-7-3-4-8-19(18)27-20/h3-4,7-8,10,16H,5-6,9,12-13H2,1-2H3/p+1/t16-/m1/s1. The van der Waals surface area contributed by atoms with Crippen LogP contribution in [0.25, 0.3) is 10.2 Å². The van der Waals surface area contributed by atoms with Gasteiger partial charge in [0.05, 0.1) is 34.8 Å². The van der Waals surface area contributed by atoms with Crippen LogP contribution in [0.5, 0.6) is 0 Å². The van der Waals surface area contributed by atoms with Crippen LogP contribution < -0.4 is 4.90 Å². The molecule has 2 atom stereocenters. The lowest BCUT2D eigenvalue weighted by molar-refractivity contribution is -0.929. The maximum atomic E-state index is 9.44.